The number of hydrogen-bond donors (Lipinski definition) is 1. The highest BCUT2D eigenvalue weighted by atomic mass is 19.1. The van der Waals surface area contributed by atoms with Crippen molar-refractivity contribution in [3.05, 3.63) is 47.8 Å². The molecule has 2 aromatic rings. The van der Waals surface area contributed by atoms with Gasteiger partial charge in [-0.25, -0.2) is 4.39 Å². The molecule has 0 amide bonds. The molecule has 112 valence electrons. The van der Waals surface area contributed by atoms with Crippen LogP contribution in [-0.4, -0.2) is 6.54 Å². The monoisotopic (exact) mass is 285 g/mol. The summed E-state index contributed by atoms with van der Waals surface area (Å²) in [6, 6.07) is 11.7. The summed E-state index contributed by atoms with van der Waals surface area (Å²) in [6.45, 7) is 7.84. The van der Waals surface area contributed by atoms with Crippen LogP contribution in [-0.2, 0) is 0 Å². The van der Waals surface area contributed by atoms with Crippen molar-refractivity contribution in [2.75, 3.05) is 6.54 Å². The summed E-state index contributed by atoms with van der Waals surface area (Å²) in [7, 11) is 0. The predicted octanol–water partition coefficient (Wildman–Crippen LogP) is 5.07. The maximum atomic E-state index is 14.0. The zero-order valence-corrected chi connectivity index (χ0v) is 13.1. The molecule has 1 saturated carbocycles. The number of fused-ring (bicyclic) bond motifs is 1. The molecule has 1 nitrogen and oxygen atoms in total. The summed E-state index contributed by atoms with van der Waals surface area (Å²) < 4.78 is 14.0. The molecule has 1 fully saturated rings. The third-order valence-corrected chi connectivity index (χ3v) is 4.85. The molecule has 0 saturated heterocycles. The van der Waals surface area contributed by atoms with E-state index in [2.05, 4.69) is 26.1 Å². The minimum absolute atomic E-state index is 0.126. The van der Waals surface area contributed by atoms with Gasteiger partial charge >= 0.3 is 0 Å². The van der Waals surface area contributed by atoms with Crippen molar-refractivity contribution in [1.29, 1.82) is 0 Å². The first-order valence-corrected chi connectivity index (χ1v) is 7.95. The molecular weight excluding hydrogens is 261 g/mol. The number of rotatable bonds is 5. The Morgan fingerprint density at radius 3 is 2.48 bits per heavy atom. The Hall–Kier alpha value is -1.41. The van der Waals surface area contributed by atoms with E-state index in [1.54, 1.807) is 6.07 Å². The van der Waals surface area contributed by atoms with E-state index in [-0.39, 0.29) is 5.82 Å². The van der Waals surface area contributed by atoms with Crippen molar-refractivity contribution in [2.45, 2.75) is 39.7 Å². The normalized spacial score (nSPS) is 21.4. The first-order chi connectivity index (χ1) is 10.0. The van der Waals surface area contributed by atoms with Crippen molar-refractivity contribution in [2.24, 2.45) is 11.3 Å². The Labute approximate surface area is 126 Å². The number of benzene rings is 2. The van der Waals surface area contributed by atoms with Gasteiger partial charge in [0.1, 0.15) is 5.82 Å². The zero-order valence-electron chi connectivity index (χ0n) is 13.1. The van der Waals surface area contributed by atoms with Crippen LogP contribution < -0.4 is 5.32 Å². The third kappa shape index (κ3) is 2.69. The minimum Gasteiger partial charge on any atom is -0.310 e. The highest BCUT2D eigenvalue weighted by Crippen LogP contribution is 2.58. The van der Waals surface area contributed by atoms with Crippen LogP contribution in [0.5, 0.6) is 0 Å². The van der Waals surface area contributed by atoms with Gasteiger partial charge in [0.05, 0.1) is 0 Å². The third-order valence-electron chi connectivity index (χ3n) is 4.85. The lowest BCUT2D eigenvalue weighted by Gasteiger charge is -2.22. The topological polar surface area (TPSA) is 12.0 Å². The minimum atomic E-state index is -0.126. The number of halogens is 1. The molecule has 21 heavy (non-hydrogen) atoms. The Bertz CT molecular complexity index is 647. The van der Waals surface area contributed by atoms with E-state index in [0.717, 1.165) is 23.7 Å². The van der Waals surface area contributed by atoms with E-state index < -0.39 is 0 Å². The summed E-state index contributed by atoms with van der Waals surface area (Å²) in [6.07, 6.45) is 2.35. The molecule has 0 spiro atoms. The fraction of sp³-hybridized carbons (Fsp3) is 0.474. The Balaban J connectivity index is 2.05. The second kappa shape index (κ2) is 5.42. The van der Waals surface area contributed by atoms with Gasteiger partial charge in [0.2, 0.25) is 0 Å². The van der Waals surface area contributed by atoms with Gasteiger partial charge in [0.25, 0.3) is 0 Å². The van der Waals surface area contributed by atoms with Gasteiger partial charge in [-0.3, -0.25) is 0 Å². The molecule has 0 bridgehead atoms. The van der Waals surface area contributed by atoms with Crippen molar-refractivity contribution < 1.29 is 4.39 Å². The van der Waals surface area contributed by atoms with Crippen LogP contribution in [0.3, 0.4) is 0 Å². The highest BCUT2D eigenvalue weighted by molar-refractivity contribution is 5.86. The molecule has 3 rings (SSSR count). The van der Waals surface area contributed by atoms with Crippen molar-refractivity contribution in [3.63, 3.8) is 0 Å². The quantitative estimate of drug-likeness (QED) is 0.809. The molecule has 1 aliphatic carbocycles. The maximum Gasteiger partial charge on any atom is 0.131 e. The molecule has 0 aliphatic heterocycles. The van der Waals surface area contributed by atoms with E-state index in [4.69, 9.17) is 0 Å². The molecule has 0 radical (unpaired) electrons. The van der Waals surface area contributed by atoms with E-state index in [1.165, 1.54) is 12.0 Å². The molecule has 2 aromatic carbocycles. The van der Waals surface area contributed by atoms with Gasteiger partial charge in [-0.1, -0.05) is 51.1 Å². The van der Waals surface area contributed by atoms with Crippen molar-refractivity contribution in [3.8, 4) is 0 Å². The average Bonchev–Trinajstić information content (AvgIpc) is 3.10. The van der Waals surface area contributed by atoms with Crippen LogP contribution in [0.25, 0.3) is 10.8 Å². The average molecular weight is 285 g/mol. The maximum absolute atomic E-state index is 14.0. The summed E-state index contributed by atoms with van der Waals surface area (Å²) in [5.41, 5.74) is 1.64. The van der Waals surface area contributed by atoms with Crippen molar-refractivity contribution in [1.82, 2.24) is 5.32 Å². The lowest BCUT2D eigenvalue weighted by molar-refractivity contribution is 0.417. The van der Waals surface area contributed by atoms with E-state index >= 15 is 0 Å². The molecular formula is C19H24FN. The smallest absolute Gasteiger partial charge is 0.131 e. The first kappa shape index (κ1) is 14.5. The van der Waals surface area contributed by atoms with Crippen LogP contribution in [0.1, 0.15) is 45.2 Å². The summed E-state index contributed by atoms with van der Waals surface area (Å²) >= 11 is 0. The number of hydrogen-bond acceptors (Lipinski definition) is 1. The first-order valence-electron chi connectivity index (χ1n) is 7.95. The molecule has 2 heteroatoms. The standard InChI is InChI=1S/C19H24FN/c1-4-11-21-18(16-12-19(16,2)3)15-9-10-17(20)14-8-6-5-7-13(14)15/h5-10,16,18,21H,4,11-12H2,1-3H3. The second-order valence-electron chi connectivity index (χ2n) is 6.91. The lowest BCUT2D eigenvalue weighted by atomic mass is 9.92. The Morgan fingerprint density at radius 1 is 1.19 bits per heavy atom. The molecule has 2 atom stereocenters. The lowest BCUT2D eigenvalue weighted by Crippen LogP contribution is -2.25. The fourth-order valence-electron chi connectivity index (χ4n) is 3.40. The SMILES string of the molecule is CCCNC(c1ccc(F)c2ccccc12)C1CC1(C)C. The van der Waals surface area contributed by atoms with Gasteiger partial charge < -0.3 is 5.32 Å². The van der Waals surface area contributed by atoms with Crippen LogP contribution >= 0.6 is 0 Å². The summed E-state index contributed by atoms with van der Waals surface area (Å²) in [5.74, 6) is 0.511. The molecule has 0 aromatic heterocycles. The largest absolute Gasteiger partial charge is 0.310 e. The van der Waals surface area contributed by atoms with Crippen LogP contribution in [0, 0.1) is 17.2 Å². The second-order valence-corrected chi connectivity index (χ2v) is 6.91. The molecule has 0 heterocycles. The van der Waals surface area contributed by atoms with Gasteiger partial charge in [0.15, 0.2) is 0 Å². The van der Waals surface area contributed by atoms with E-state index in [1.807, 2.05) is 30.3 Å². The highest BCUT2D eigenvalue weighted by Gasteiger charge is 2.50. The van der Waals surface area contributed by atoms with Crippen LogP contribution in [0.15, 0.2) is 36.4 Å². The van der Waals surface area contributed by atoms with Crippen molar-refractivity contribution >= 4 is 10.8 Å². The fourth-order valence-corrected chi connectivity index (χ4v) is 3.40. The van der Waals surface area contributed by atoms with Crippen LogP contribution in [0.2, 0.25) is 0 Å². The zero-order chi connectivity index (χ0) is 15.0. The van der Waals surface area contributed by atoms with E-state index in [9.17, 15) is 4.39 Å². The van der Waals surface area contributed by atoms with Crippen LogP contribution in [0.4, 0.5) is 4.39 Å². The molecule has 1 aliphatic rings. The van der Waals surface area contributed by atoms with Gasteiger partial charge in [-0.2, -0.15) is 0 Å². The molecule has 1 N–H and O–H groups in total. The van der Waals surface area contributed by atoms with E-state index in [0.29, 0.717) is 17.4 Å². The predicted molar refractivity (Wildman–Crippen MR) is 86.8 cm³/mol. The van der Waals surface area contributed by atoms with Gasteiger partial charge in [0, 0.05) is 11.4 Å². The summed E-state index contributed by atoms with van der Waals surface area (Å²) in [5, 5.41) is 5.48. The Kier molecular flexibility index (Phi) is 3.75. The summed E-state index contributed by atoms with van der Waals surface area (Å²) in [4.78, 5) is 0. The van der Waals surface area contributed by atoms with Gasteiger partial charge in [-0.15, -0.1) is 0 Å². The molecule has 2 unspecified atom stereocenters. The number of nitrogens with one attached hydrogen (secondary N) is 1. The Morgan fingerprint density at radius 2 is 1.86 bits per heavy atom. The van der Waals surface area contributed by atoms with Gasteiger partial charge in [-0.05, 0) is 47.7 Å².